The zero-order valence-electron chi connectivity index (χ0n) is 14.9. The maximum Gasteiger partial charge on any atom is 0.242 e. The Hall–Kier alpha value is -1.10. The molecule has 4 bridgehead atoms. The smallest absolute Gasteiger partial charge is 0.242 e. The van der Waals surface area contributed by atoms with Gasteiger partial charge in [0, 0.05) is 18.5 Å². The molecule has 2 amide bonds. The van der Waals surface area contributed by atoms with Crippen molar-refractivity contribution >= 4 is 11.8 Å². The van der Waals surface area contributed by atoms with Gasteiger partial charge in [-0.3, -0.25) is 9.59 Å². The minimum atomic E-state index is -0.166. The molecule has 4 saturated carbocycles. The van der Waals surface area contributed by atoms with Crippen LogP contribution in [0.2, 0.25) is 0 Å². The second-order valence-corrected chi connectivity index (χ2v) is 8.94. The van der Waals surface area contributed by atoms with Crippen LogP contribution in [0.1, 0.15) is 52.4 Å². The average molecular weight is 334 g/mol. The van der Waals surface area contributed by atoms with Gasteiger partial charge in [0.15, 0.2) is 0 Å². The van der Waals surface area contributed by atoms with E-state index in [1.807, 2.05) is 18.7 Å². The molecule has 5 rings (SSSR count). The molecule has 24 heavy (non-hydrogen) atoms. The molecule has 0 unspecified atom stereocenters. The van der Waals surface area contributed by atoms with Crippen LogP contribution in [0.3, 0.4) is 0 Å². The van der Waals surface area contributed by atoms with E-state index >= 15 is 0 Å². The lowest BCUT2D eigenvalue weighted by Crippen LogP contribution is -2.56. The molecule has 0 aromatic heterocycles. The summed E-state index contributed by atoms with van der Waals surface area (Å²) in [5, 5.41) is 3.00. The van der Waals surface area contributed by atoms with E-state index in [1.165, 1.54) is 19.3 Å². The SMILES string of the molecule is C[C@@H]1CN(C(=O)CNC(=O)C23CC4CC(CC(C4)C2)C3)C[C@@H](C)O1. The number of hydrogen-bond acceptors (Lipinski definition) is 3. The van der Waals surface area contributed by atoms with Crippen LogP contribution in [-0.2, 0) is 14.3 Å². The maximum absolute atomic E-state index is 12.9. The summed E-state index contributed by atoms with van der Waals surface area (Å²) in [7, 11) is 0. The standard InChI is InChI=1S/C19H30N2O3/c1-12-10-21(11-13(2)24-12)17(22)9-20-18(23)19-6-14-3-15(7-19)5-16(4-14)8-19/h12-16H,3-11H2,1-2H3,(H,20,23)/t12-,13-,14?,15?,16?,19?/m1/s1. The molecule has 4 aliphatic carbocycles. The number of rotatable bonds is 3. The Morgan fingerprint density at radius 3 is 2.00 bits per heavy atom. The lowest BCUT2D eigenvalue weighted by Gasteiger charge is -2.55. The van der Waals surface area contributed by atoms with Gasteiger partial charge in [-0.2, -0.15) is 0 Å². The fourth-order valence-electron chi connectivity index (χ4n) is 6.23. The summed E-state index contributed by atoms with van der Waals surface area (Å²) in [5.41, 5.74) is -0.166. The summed E-state index contributed by atoms with van der Waals surface area (Å²) < 4.78 is 5.68. The first-order chi connectivity index (χ1) is 11.4. The molecule has 0 radical (unpaired) electrons. The van der Waals surface area contributed by atoms with Crippen molar-refractivity contribution in [2.45, 2.75) is 64.6 Å². The molecule has 0 aromatic rings. The van der Waals surface area contributed by atoms with E-state index in [0.29, 0.717) is 13.1 Å². The number of morpholine rings is 1. The normalized spacial score (nSPS) is 43.8. The van der Waals surface area contributed by atoms with Crippen LogP contribution in [0.5, 0.6) is 0 Å². The van der Waals surface area contributed by atoms with Crippen molar-refractivity contribution in [3.05, 3.63) is 0 Å². The average Bonchev–Trinajstić information content (AvgIpc) is 2.50. The molecule has 5 aliphatic rings. The zero-order chi connectivity index (χ0) is 16.9. The van der Waals surface area contributed by atoms with Gasteiger partial charge in [0.05, 0.1) is 18.8 Å². The van der Waals surface area contributed by atoms with E-state index in [1.54, 1.807) is 0 Å². The highest BCUT2D eigenvalue weighted by Crippen LogP contribution is 2.60. The van der Waals surface area contributed by atoms with Crippen LogP contribution in [0.25, 0.3) is 0 Å². The van der Waals surface area contributed by atoms with Crippen molar-refractivity contribution < 1.29 is 14.3 Å². The third-order valence-corrected chi connectivity index (χ3v) is 6.69. The zero-order valence-corrected chi connectivity index (χ0v) is 14.9. The molecular formula is C19H30N2O3. The monoisotopic (exact) mass is 334 g/mol. The summed E-state index contributed by atoms with van der Waals surface area (Å²) >= 11 is 0. The first kappa shape index (κ1) is 16.4. The van der Waals surface area contributed by atoms with Gasteiger partial charge in [-0.05, 0) is 70.1 Å². The maximum atomic E-state index is 12.9. The van der Waals surface area contributed by atoms with Gasteiger partial charge < -0.3 is 15.0 Å². The number of ether oxygens (including phenoxy) is 1. The van der Waals surface area contributed by atoms with Crippen LogP contribution < -0.4 is 5.32 Å². The minimum Gasteiger partial charge on any atom is -0.372 e. The summed E-state index contributed by atoms with van der Waals surface area (Å²) in [5.74, 6) is 2.41. The van der Waals surface area contributed by atoms with Gasteiger partial charge in [-0.1, -0.05) is 0 Å². The Balaban J connectivity index is 1.34. The van der Waals surface area contributed by atoms with E-state index in [9.17, 15) is 9.59 Å². The molecule has 2 atom stereocenters. The fraction of sp³-hybridized carbons (Fsp3) is 0.895. The molecule has 1 heterocycles. The minimum absolute atomic E-state index is 0.0232. The number of carbonyl (C=O) groups is 2. The second-order valence-electron chi connectivity index (χ2n) is 8.94. The van der Waals surface area contributed by atoms with Crippen LogP contribution in [-0.4, -0.2) is 48.6 Å². The van der Waals surface area contributed by atoms with Crippen LogP contribution >= 0.6 is 0 Å². The highest BCUT2D eigenvalue weighted by Gasteiger charge is 2.54. The first-order valence-electron chi connectivity index (χ1n) is 9.65. The Kier molecular flexibility index (Phi) is 4.10. The van der Waals surface area contributed by atoms with E-state index < -0.39 is 0 Å². The van der Waals surface area contributed by atoms with Crippen molar-refractivity contribution in [1.29, 1.82) is 0 Å². The number of hydrogen-bond donors (Lipinski definition) is 1. The topological polar surface area (TPSA) is 58.6 Å². The van der Waals surface area contributed by atoms with Crippen LogP contribution in [0.4, 0.5) is 0 Å². The third-order valence-electron chi connectivity index (χ3n) is 6.69. The van der Waals surface area contributed by atoms with Crippen molar-refractivity contribution in [2.75, 3.05) is 19.6 Å². The molecule has 1 aliphatic heterocycles. The molecule has 134 valence electrons. The van der Waals surface area contributed by atoms with Crippen LogP contribution in [0, 0.1) is 23.2 Å². The molecule has 1 N–H and O–H groups in total. The van der Waals surface area contributed by atoms with Gasteiger partial charge in [0.2, 0.25) is 11.8 Å². The second kappa shape index (κ2) is 6.01. The Morgan fingerprint density at radius 1 is 1.00 bits per heavy atom. The molecule has 0 aromatic carbocycles. The first-order valence-corrected chi connectivity index (χ1v) is 9.65. The molecule has 5 heteroatoms. The summed E-state index contributed by atoms with van der Waals surface area (Å²) in [6.45, 7) is 5.36. The van der Waals surface area contributed by atoms with Gasteiger partial charge >= 0.3 is 0 Å². The highest BCUT2D eigenvalue weighted by molar-refractivity contribution is 5.88. The van der Waals surface area contributed by atoms with E-state index in [2.05, 4.69) is 5.32 Å². The summed E-state index contributed by atoms with van der Waals surface area (Å²) in [4.78, 5) is 27.2. The van der Waals surface area contributed by atoms with Crippen molar-refractivity contribution in [2.24, 2.45) is 23.2 Å². The highest BCUT2D eigenvalue weighted by atomic mass is 16.5. The molecule has 1 saturated heterocycles. The third kappa shape index (κ3) is 2.96. The predicted octanol–water partition coefficient (Wildman–Crippen LogP) is 1.95. The van der Waals surface area contributed by atoms with Gasteiger partial charge in [-0.15, -0.1) is 0 Å². The van der Waals surface area contributed by atoms with E-state index in [0.717, 1.165) is 37.0 Å². The van der Waals surface area contributed by atoms with E-state index in [4.69, 9.17) is 4.74 Å². The lowest BCUT2D eigenvalue weighted by atomic mass is 9.49. The van der Waals surface area contributed by atoms with Gasteiger partial charge in [0.25, 0.3) is 0 Å². The van der Waals surface area contributed by atoms with Crippen molar-refractivity contribution in [3.63, 3.8) is 0 Å². The number of carbonyl (C=O) groups excluding carboxylic acids is 2. The number of nitrogens with one attached hydrogen (secondary N) is 1. The van der Waals surface area contributed by atoms with Crippen molar-refractivity contribution in [3.8, 4) is 0 Å². The largest absolute Gasteiger partial charge is 0.372 e. The Bertz CT molecular complexity index is 487. The van der Waals surface area contributed by atoms with Gasteiger partial charge in [0.1, 0.15) is 0 Å². The lowest BCUT2D eigenvalue weighted by molar-refractivity contribution is -0.150. The Morgan fingerprint density at radius 2 is 1.50 bits per heavy atom. The van der Waals surface area contributed by atoms with E-state index in [-0.39, 0.29) is 36.0 Å². The predicted molar refractivity (Wildman–Crippen MR) is 90.2 cm³/mol. The van der Waals surface area contributed by atoms with Gasteiger partial charge in [-0.25, -0.2) is 0 Å². The quantitative estimate of drug-likeness (QED) is 0.858. The summed E-state index contributed by atoms with van der Waals surface area (Å²) in [6, 6.07) is 0. The Labute approximate surface area is 144 Å². The van der Waals surface area contributed by atoms with Crippen molar-refractivity contribution in [1.82, 2.24) is 10.2 Å². The molecule has 0 spiro atoms. The van der Waals surface area contributed by atoms with Crippen LogP contribution in [0.15, 0.2) is 0 Å². The number of amides is 2. The summed E-state index contributed by atoms with van der Waals surface area (Å²) in [6.07, 6.45) is 7.26. The molecular weight excluding hydrogens is 304 g/mol. The molecule has 5 nitrogen and oxygen atoms in total. The fourth-order valence-corrected chi connectivity index (χ4v) is 6.23. The number of nitrogens with zero attached hydrogens (tertiary/aromatic N) is 1. The molecule has 5 fully saturated rings.